The molecule has 156 valence electrons. The molecule has 1 fully saturated rings. The minimum absolute atomic E-state index is 0.0128. The number of fused-ring (bicyclic) bond motifs is 2. The molecule has 0 radical (unpaired) electrons. The molecule has 0 unspecified atom stereocenters. The Morgan fingerprint density at radius 3 is 2.25 bits per heavy atom. The van der Waals surface area contributed by atoms with E-state index in [0.717, 1.165) is 21.5 Å². The van der Waals surface area contributed by atoms with Crippen molar-refractivity contribution in [3.63, 3.8) is 0 Å². The van der Waals surface area contributed by atoms with E-state index in [1.165, 1.54) is 4.90 Å². The standard InChI is InChI=1S/C26H18N2O3S/c1-31-23-14-13-17-8-2-4-10-18(17)20(23)15-21-24(29)27-26(32)28(25(21)30)22-12-6-9-16-7-3-5-11-19(16)22/h2-15H,1H3,(H,27,29,32). The minimum Gasteiger partial charge on any atom is -0.496 e. The van der Waals surface area contributed by atoms with Crippen LogP contribution in [0.1, 0.15) is 5.56 Å². The SMILES string of the molecule is COc1ccc2ccccc2c1C=C1C(=O)NC(=S)N(c2cccc3ccccc23)C1=O. The maximum Gasteiger partial charge on any atom is 0.270 e. The number of thiocarbonyl (C=S) groups is 1. The summed E-state index contributed by atoms with van der Waals surface area (Å²) in [6, 6.07) is 24.9. The quantitative estimate of drug-likeness (QED) is 0.283. The van der Waals surface area contributed by atoms with Gasteiger partial charge in [0, 0.05) is 10.9 Å². The summed E-state index contributed by atoms with van der Waals surface area (Å²) in [4.78, 5) is 27.8. The predicted molar refractivity (Wildman–Crippen MR) is 131 cm³/mol. The number of methoxy groups -OCH3 is 1. The lowest BCUT2D eigenvalue weighted by molar-refractivity contribution is -0.122. The van der Waals surface area contributed by atoms with Crippen molar-refractivity contribution in [2.24, 2.45) is 0 Å². The Hall–Kier alpha value is -4.03. The van der Waals surface area contributed by atoms with Gasteiger partial charge in [0.05, 0.1) is 12.8 Å². The van der Waals surface area contributed by atoms with E-state index in [1.807, 2.05) is 78.9 Å². The number of carbonyl (C=O) groups is 2. The van der Waals surface area contributed by atoms with Crippen LogP contribution in [-0.2, 0) is 9.59 Å². The molecule has 0 saturated carbocycles. The molecule has 5 rings (SSSR count). The van der Waals surface area contributed by atoms with Crippen molar-refractivity contribution >= 4 is 62.5 Å². The number of hydrogen-bond acceptors (Lipinski definition) is 4. The van der Waals surface area contributed by atoms with Gasteiger partial charge >= 0.3 is 0 Å². The van der Waals surface area contributed by atoms with Crippen LogP contribution in [0.2, 0.25) is 0 Å². The first-order valence-corrected chi connectivity index (χ1v) is 10.4. The number of ether oxygens (including phenoxy) is 1. The second kappa shape index (κ2) is 7.90. The summed E-state index contributed by atoms with van der Waals surface area (Å²) >= 11 is 5.39. The van der Waals surface area contributed by atoms with Crippen molar-refractivity contribution in [2.45, 2.75) is 0 Å². The average molecular weight is 439 g/mol. The van der Waals surface area contributed by atoms with E-state index in [4.69, 9.17) is 17.0 Å². The van der Waals surface area contributed by atoms with Gasteiger partial charge in [-0.1, -0.05) is 66.7 Å². The van der Waals surface area contributed by atoms with Crippen LogP contribution in [0.5, 0.6) is 5.75 Å². The summed E-state index contributed by atoms with van der Waals surface area (Å²) in [5.41, 5.74) is 1.27. The van der Waals surface area contributed by atoms with Crippen LogP contribution in [0, 0.1) is 0 Å². The van der Waals surface area contributed by atoms with Crippen molar-refractivity contribution in [1.29, 1.82) is 0 Å². The van der Waals surface area contributed by atoms with E-state index in [9.17, 15) is 9.59 Å². The Morgan fingerprint density at radius 1 is 0.844 bits per heavy atom. The molecule has 0 aromatic heterocycles. The smallest absolute Gasteiger partial charge is 0.270 e. The first kappa shape index (κ1) is 19.9. The van der Waals surface area contributed by atoms with Crippen LogP contribution in [0.25, 0.3) is 27.6 Å². The highest BCUT2D eigenvalue weighted by atomic mass is 32.1. The zero-order valence-electron chi connectivity index (χ0n) is 17.2. The second-order valence-electron chi connectivity index (χ2n) is 7.36. The van der Waals surface area contributed by atoms with Crippen molar-refractivity contribution < 1.29 is 14.3 Å². The first-order valence-electron chi connectivity index (χ1n) is 10.0. The van der Waals surface area contributed by atoms with Crippen molar-refractivity contribution in [1.82, 2.24) is 5.32 Å². The molecule has 1 aliphatic heterocycles. The molecule has 0 aliphatic carbocycles. The number of amides is 2. The van der Waals surface area contributed by atoms with Crippen LogP contribution < -0.4 is 15.0 Å². The monoisotopic (exact) mass is 438 g/mol. The van der Waals surface area contributed by atoms with E-state index in [2.05, 4.69) is 5.32 Å². The molecule has 4 aromatic carbocycles. The van der Waals surface area contributed by atoms with E-state index in [-0.39, 0.29) is 10.7 Å². The Morgan fingerprint density at radius 2 is 1.50 bits per heavy atom. The Bertz CT molecular complexity index is 1450. The fourth-order valence-corrected chi connectivity index (χ4v) is 4.30. The molecule has 1 heterocycles. The highest BCUT2D eigenvalue weighted by Crippen LogP contribution is 2.33. The summed E-state index contributed by atoms with van der Waals surface area (Å²) in [6.45, 7) is 0. The molecule has 32 heavy (non-hydrogen) atoms. The van der Waals surface area contributed by atoms with Crippen molar-refractivity contribution in [3.8, 4) is 5.75 Å². The van der Waals surface area contributed by atoms with Gasteiger partial charge in [-0.2, -0.15) is 0 Å². The van der Waals surface area contributed by atoms with Gasteiger partial charge in [0.2, 0.25) is 0 Å². The van der Waals surface area contributed by atoms with Gasteiger partial charge in [0.25, 0.3) is 11.8 Å². The summed E-state index contributed by atoms with van der Waals surface area (Å²) in [5, 5.41) is 6.41. The van der Waals surface area contributed by atoms with E-state index >= 15 is 0 Å². The summed E-state index contributed by atoms with van der Waals surface area (Å²) in [5.74, 6) is -0.446. The number of rotatable bonds is 3. The maximum atomic E-state index is 13.6. The molecular weight excluding hydrogens is 420 g/mol. The van der Waals surface area contributed by atoms with Crippen LogP contribution in [-0.4, -0.2) is 24.0 Å². The van der Waals surface area contributed by atoms with Crippen LogP contribution in [0.15, 0.2) is 84.4 Å². The molecule has 5 nitrogen and oxygen atoms in total. The number of nitrogens with zero attached hydrogens (tertiary/aromatic N) is 1. The van der Waals surface area contributed by atoms with Gasteiger partial charge < -0.3 is 4.74 Å². The second-order valence-corrected chi connectivity index (χ2v) is 7.75. The molecule has 1 N–H and O–H groups in total. The fourth-order valence-electron chi connectivity index (χ4n) is 4.03. The molecular formula is C26H18N2O3S. The Balaban J connectivity index is 1.69. The lowest BCUT2D eigenvalue weighted by Crippen LogP contribution is -2.54. The predicted octanol–water partition coefficient (Wildman–Crippen LogP) is 4.83. The molecule has 1 aliphatic rings. The third kappa shape index (κ3) is 3.21. The van der Waals surface area contributed by atoms with E-state index < -0.39 is 11.8 Å². The summed E-state index contributed by atoms with van der Waals surface area (Å²) in [7, 11) is 1.56. The van der Waals surface area contributed by atoms with Gasteiger partial charge in [0.1, 0.15) is 11.3 Å². The molecule has 6 heteroatoms. The van der Waals surface area contributed by atoms with Crippen LogP contribution in [0.3, 0.4) is 0 Å². The molecule has 1 saturated heterocycles. The molecule has 0 atom stereocenters. The number of nitrogens with one attached hydrogen (secondary N) is 1. The van der Waals surface area contributed by atoms with Gasteiger partial charge in [-0.25, -0.2) is 0 Å². The fraction of sp³-hybridized carbons (Fsp3) is 0.0385. The lowest BCUT2D eigenvalue weighted by Gasteiger charge is -2.30. The van der Waals surface area contributed by atoms with E-state index in [0.29, 0.717) is 17.0 Å². The Kier molecular flexibility index (Phi) is 4.92. The highest BCUT2D eigenvalue weighted by Gasteiger charge is 2.35. The molecule has 4 aromatic rings. The number of carbonyl (C=O) groups excluding carboxylic acids is 2. The summed E-state index contributed by atoms with van der Waals surface area (Å²) < 4.78 is 5.53. The van der Waals surface area contributed by atoms with E-state index in [1.54, 1.807) is 13.2 Å². The Labute approximate surface area is 189 Å². The molecule has 0 spiro atoms. The van der Waals surface area contributed by atoms with Crippen LogP contribution >= 0.6 is 12.2 Å². The molecule has 2 amide bonds. The van der Waals surface area contributed by atoms with Gasteiger partial charge in [0.15, 0.2) is 5.11 Å². The van der Waals surface area contributed by atoms with Gasteiger partial charge in [-0.05, 0) is 46.6 Å². The minimum atomic E-state index is -0.536. The zero-order valence-corrected chi connectivity index (χ0v) is 18.0. The number of benzene rings is 4. The largest absolute Gasteiger partial charge is 0.496 e. The highest BCUT2D eigenvalue weighted by molar-refractivity contribution is 7.80. The lowest BCUT2D eigenvalue weighted by atomic mass is 9.99. The third-order valence-electron chi connectivity index (χ3n) is 5.55. The maximum absolute atomic E-state index is 13.6. The zero-order chi connectivity index (χ0) is 22.2. The van der Waals surface area contributed by atoms with Crippen molar-refractivity contribution in [2.75, 3.05) is 12.0 Å². The molecule has 0 bridgehead atoms. The normalized spacial score (nSPS) is 15.5. The third-order valence-corrected chi connectivity index (χ3v) is 5.83. The van der Waals surface area contributed by atoms with Crippen LogP contribution in [0.4, 0.5) is 5.69 Å². The average Bonchev–Trinajstić information content (AvgIpc) is 2.81. The number of anilines is 1. The van der Waals surface area contributed by atoms with Crippen molar-refractivity contribution in [3.05, 3.63) is 90.0 Å². The summed E-state index contributed by atoms with van der Waals surface area (Å²) in [6.07, 6.45) is 1.58. The van der Waals surface area contributed by atoms with Gasteiger partial charge in [-0.3, -0.25) is 19.8 Å². The number of hydrogen-bond donors (Lipinski definition) is 1. The topological polar surface area (TPSA) is 58.6 Å². The first-order chi connectivity index (χ1) is 15.6. The van der Waals surface area contributed by atoms with Gasteiger partial charge in [-0.15, -0.1) is 0 Å².